The first-order valence-corrected chi connectivity index (χ1v) is 7.36. The Morgan fingerprint density at radius 1 is 1.18 bits per heavy atom. The molecule has 17 heavy (non-hydrogen) atoms. The summed E-state index contributed by atoms with van der Waals surface area (Å²) in [7, 11) is 0. The summed E-state index contributed by atoms with van der Waals surface area (Å²) in [6.07, 6.45) is 1.93. The lowest BCUT2D eigenvalue weighted by Gasteiger charge is -2.17. The maximum absolute atomic E-state index is 4.42. The molecule has 1 N–H and O–H groups in total. The minimum atomic E-state index is 0.283. The first kappa shape index (κ1) is 12.7. The lowest BCUT2D eigenvalue weighted by atomic mass is 10.2. The molecular weight excluding hydrogens is 250 g/mol. The van der Waals surface area contributed by atoms with Crippen molar-refractivity contribution in [2.45, 2.75) is 39.8 Å². The van der Waals surface area contributed by atoms with E-state index in [2.05, 4.69) is 43.0 Å². The molecule has 2 aromatic rings. The van der Waals surface area contributed by atoms with Crippen LogP contribution in [0.15, 0.2) is 11.7 Å². The second kappa shape index (κ2) is 5.25. The van der Waals surface area contributed by atoms with Crippen LogP contribution >= 0.6 is 22.7 Å². The van der Waals surface area contributed by atoms with Gasteiger partial charge in [-0.2, -0.15) is 0 Å². The minimum absolute atomic E-state index is 0.283. The quantitative estimate of drug-likeness (QED) is 0.919. The van der Waals surface area contributed by atoms with E-state index in [4.69, 9.17) is 0 Å². The van der Waals surface area contributed by atoms with Gasteiger partial charge >= 0.3 is 0 Å². The SMILES string of the molecule is Cc1cnc(C(C)NC(C)c2scnc2C)s1. The average Bonchev–Trinajstić information content (AvgIpc) is 2.86. The molecular formula is C12H17N3S2. The number of aromatic nitrogens is 2. The molecule has 0 spiro atoms. The highest BCUT2D eigenvalue weighted by atomic mass is 32.1. The molecule has 2 atom stereocenters. The summed E-state index contributed by atoms with van der Waals surface area (Å²) in [6, 6.07) is 0.604. The van der Waals surface area contributed by atoms with Gasteiger partial charge in [0.05, 0.1) is 17.2 Å². The average molecular weight is 267 g/mol. The number of nitrogens with zero attached hydrogens (tertiary/aromatic N) is 2. The van der Waals surface area contributed by atoms with Gasteiger partial charge in [-0.3, -0.25) is 0 Å². The molecule has 2 aromatic heterocycles. The van der Waals surface area contributed by atoms with Crippen LogP contribution in [-0.2, 0) is 0 Å². The van der Waals surface area contributed by atoms with Crippen LogP contribution in [0.3, 0.4) is 0 Å². The Hall–Kier alpha value is -0.780. The van der Waals surface area contributed by atoms with Crippen molar-refractivity contribution in [1.29, 1.82) is 0 Å². The molecule has 0 aromatic carbocycles. The van der Waals surface area contributed by atoms with Crippen molar-refractivity contribution in [2.75, 3.05) is 0 Å². The summed E-state index contributed by atoms with van der Waals surface area (Å²) in [5.41, 5.74) is 3.03. The lowest BCUT2D eigenvalue weighted by molar-refractivity contribution is 0.496. The number of aryl methyl sites for hydroxylation is 2. The molecule has 3 nitrogen and oxygen atoms in total. The van der Waals surface area contributed by atoms with Gasteiger partial charge in [-0.15, -0.1) is 22.7 Å². The van der Waals surface area contributed by atoms with Gasteiger partial charge < -0.3 is 5.32 Å². The zero-order valence-electron chi connectivity index (χ0n) is 10.5. The van der Waals surface area contributed by atoms with E-state index in [0.717, 1.165) is 10.7 Å². The standard InChI is InChI=1S/C12H17N3S2/c1-7-5-13-12(17-7)10(4)15-9(3)11-8(2)14-6-16-11/h5-6,9-10,15H,1-4H3. The highest BCUT2D eigenvalue weighted by Gasteiger charge is 2.16. The van der Waals surface area contributed by atoms with Crippen LogP contribution in [0.4, 0.5) is 0 Å². The van der Waals surface area contributed by atoms with Gasteiger partial charge in [0, 0.05) is 22.0 Å². The van der Waals surface area contributed by atoms with Crippen molar-refractivity contribution in [3.8, 4) is 0 Å². The number of hydrogen-bond acceptors (Lipinski definition) is 5. The fraction of sp³-hybridized carbons (Fsp3) is 0.500. The molecule has 0 aliphatic carbocycles. The molecule has 0 fully saturated rings. The molecule has 0 radical (unpaired) electrons. The minimum Gasteiger partial charge on any atom is -0.301 e. The summed E-state index contributed by atoms with van der Waals surface area (Å²) in [4.78, 5) is 11.3. The molecule has 2 unspecified atom stereocenters. The van der Waals surface area contributed by atoms with E-state index in [1.165, 1.54) is 9.75 Å². The molecule has 0 amide bonds. The second-order valence-corrected chi connectivity index (χ2v) is 6.37. The van der Waals surface area contributed by atoms with Crippen molar-refractivity contribution in [3.05, 3.63) is 32.2 Å². The van der Waals surface area contributed by atoms with E-state index < -0.39 is 0 Å². The zero-order valence-corrected chi connectivity index (χ0v) is 12.2. The summed E-state index contributed by atoms with van der Waals surface area (Å²) in [5, 5.41) is 4.72. The zero-order chi connectivity index (χ0) is 12.4. The predicted octanol–water partition coefficient (Wildman–Crippen LogP) is 3.63. The van der Waals surface area contributed by atoms with Crippen LogP contribution in [0.25, 0.3) is 0 Å². The van der Waals surface area contributed by atoms with E-state index in [0.29, 0.717) is 6.04 Å². The van der Waals surface area contributed by atoms with Crippen LogP contribution in [0.5, 0.6) is 0 Å². The predicted molar refractivity (Wildman–Crippen MR) is 73.7 cm³/mol. The number of nitrogens with one attached hydrogen (secondary N) is 1. The third kappa shape index (κ3) is 2.91. The molecule has 0 saturated heterocycles. The largest absolute Gasteiger partial charge is 0.301 e. The summed E-state index contributed by atoms with van der Waals surface area (Å²) in [6.45, 7) is 8.48. The van der Waals surface area contributed by atoms with Crippen LogP contribution in [0.2, 0.25) is 0 Å². The van der Waals surface area contributed by atoms with Crippen LogP contribution in [0.1, 0.15) is 46.4 Å². The Morgan fingerprint density at radius 3 is 2.47 bits per heavy atom. The Labute approximate surface area is 110 Å². The van der Waals surface area contributed by atoms with Crippen LogP contribution < -0.4 is 5.32 Å². The van der Waals surface area contributed by atoms with E-state index in [9.17, 15) is 0 Å². The van der Waals surface area contributed by atoms with Crippen LogP contribution in [0, 0.1) is 13.8 Å². The van der Waals surface area contributed by atoms with Crippen molar-refractivity contribution >= 4 is 22.7 Å². The van der Waals surface area contributed by atoms with Gasteiger partial charge in [0.2, 0.25) is 0 Å². The third-order valence-corrected chi connectivity index (χ3v) is 4.89. The second-order valence-electron chi connectivity index (χ2n) is 4.22. The Kier molecular flexibility index (Phi) is 3.91. The van der Waals surface area contributed by atoms with Gasteiger partial charge in [0.25, 0.3) is 0 Å². The first-order valence-electron chi connectivity index (χ1n) is 5.66. The molecule has 92 valence electrons. The maximum atomic E-state index is 4.42. The smallest absolute Gasteiger partial charge is 0.109 e. The molecule has 0 bridgehead atoms. The summed E-state index contributed by atoms with van der Waals surface area (Å²) in [5.74, 6) is 0. The lowest BCUT2D eigenvalue weighted by Crippen LogP contribution is -2.22. The van der Waals surface area contributed by atoms with Crippen LogP contribution in [-0.4, -0.2) is 9.97 Å². The first-order chi connectivity index (χ1) is 8.08. The van der Waals surface area contributed by atoms with Crippen molar-refractivity contribution in [3.63, 3.8) is 0 Å². The Balaban J connectivity index is 2.04. The van der Waals surface area contributed by atoms with E-state index in [1.807, 2.05) is 11.7 Å². The van der Waals surface area contributed by atoms with Crippen molar-refractivity contribution in [2.24, 2.45) is 0 Å². The van der Waals surface area contributed by atoms with Gasteiger partial charge in [0.1, 0.15) is 5.01 Å². The number of hydrogen-bond donors (Lipinski definition) is 1. The molecule has 0 saturated carbocycles. The normalized spacial score (nSPS) is 14.8. The Bertz CT molecular complexity index is 489. The van der Waals surface area contributed by atoms with Gasteiger partial charge in [-0.25, -0.2) is 9.97 Å². The van der Waals surface area contributed by atoms with Crippen molar-refractivity contribution < 1.29 is 0 Å². The summed E-state index contributed by atoms with van der Waals surface area (Å²) < 4.78 is 0. The third-order valence-electron chi connectivity index (χ3n) is 2.69. The van der Waals surface area contributed by atoms with Gasteiger partial charge in [-0.1, -0.05) is 0 Å². The Morgan fingerprint density at radius 2 is 1.94 bits per heavy atom. The number of rotatable bonds is 4. The molecule has 0 aliphatic rings. The molecule has 5 heteroatoms. The summed E-state index contributed by atoms with van der Waals surface area (Å²) >= 11 is 3.46. The number of thiazole rings is 2. The van der Waals surface area contributed by atoms with E-state index in [1.54, 1.807) is 22.7 Å². The molecule has 2 rings (SSSR count). The maximum Gasteiger partial charge on any atom is 0.109 e. The highest BCUT2D eigenvalue weighted by Crippen LogP contribution is 2.26. The molecule has 2 heterocycles. The van der Waals surface area contributed by atoms with Gasteiger partial charge in [0.15, 0.2) is 0 Å². The monoisotopic (exact) mass is 267 g/mol. The van der Waals surface area contributed by atoms with E-state index in [-0.39, 0.29) is 6.04 Å². The van der Waals surface area contributed by atoms with Gasteiger partial charge in [-0.05, 0) is 27.7 Å². The van der Waals surface area contributed by atoms with E-state index >= 15 is 0 Å². The molecule has 0 aliphatic heterocycles. The topological polar surface area (TPSA) is 37.8 Å². The fourth-order valence-corrected chi connectivity index (χ4v) is 3.43. The highest BCUT2D eigenvalue weighted by molar-refractivity contribution is 7.11. The van der Waals surface area contributed by atoms with Crippen molar-refractivity contribution in [1.82, 2.24) is 15.3 Å². The fourth-order valence-electron chi connectivity index (χ4n) is 1.82.